The molecule has 0 unspecified atom stereocenters. The van der Waals surface area contributed by atoms with Crippen LogP contribution in [0.25, 0.3) is 43.6 Å². The molecule has 12 aromatic rings. The van der Waals surface area contributed by atoms with Crippen LogP contribution < -0.4 is 15.4 Å². The van der Waals surface area contributed by atoms with E-state index in [1.165, 1.54) is 41.1 Å². The van der Waals surface area contributed by atoms with E-state index in [1.807, 2.05) is 186 Å². The van der Waals surface area contributed by atoms with E-state index in [0.717, 1.165) is 131 Å². The Kier molecular flexibility index (Phi) is 31.7. The van der Waals surface area contributed by atoms with Crippen molar-refractivity contribution in [3.05, 3.63) is 310 Å². The molecule has 0 spiro atoms. The second-order valence-corrected chi connectivity index (χ2v) is 41.3. The second kappa shape index (κ2) is 44.1. The molecule has 0 atom stereocenters. The number of hydrogen-bond acceptors (Lipinski definition) is 13. The van der Waals surface area contributed by atoms with Crippen molar-refractivity contribution in [1.82, 2.24) is 72.7 Å². The predicted octanol–water partition coefficient (Wildman–Crippen LogP) is 15.7. The molecule has 19 rings (SSSR count). The van der Waals surface area contributed by atoms with Crippen molar-refractivity contribution in [2.45, 2.75) is 117 Å². The number of ketones is 2. The quantitative estimate of drug-likeness (QED) is 0.0477. The number of benzene rings is 7. The zero-order valence-corrected chi connectivity index (χ0v) is 87.2. The highest BCUT2D eigenvalue weighted by atomic mass is 79.9. The van der Waals surface area contributed by atoms with Crippen LogP contribution in [0.15, 0.2) is 237 Å². The molecule has 0 saturated carbocycles. The fourth-order valence-corrected chi connectivity index (χ4v) is 22.0. The van der Waals surface area contributed by atoms with Crippen molar-refractivity contribution < 1.29 is 62.3 Å². The molecule has 33 heteroatoms. The van der Waals surface area contributed by atoms with E-state index in [9.17, 15) is 57.5 Å². The molecular weight excluding hydrogens is 2110 g/mol. The lowest BCUT2D eigenvalue weighted by molar-refractivity contribution is -0.142. The Balaban J connectivity index is 0.000000135. The number of carbonyl (C=O) groups is 12. The average molecular weight is 2230 g/mol. The van der Waals surface area contributed by atoms with Crippen LogP contribution in [0.5, 0.6) is 5.75 Å². The molecule has 730 valence electrons. The molecule has 2 N–H and O–H groups in total. The number of ether oxygens (including phenoxy) is 1. The number of rotatable bonds is 26. The Morgan fingerprint density at radius 2 is 0.922 bits per heavy atom. The number of nitrogens with one attached hydrogen (secondary N) is 2. The lowest BCUT2D eigenvalue weighted by Crippen LogP contribution is -2.61. The normalized spacial score (nSPS) is 15.0. The van der Waals surface area contributed by atoms with Crippen molar-refractivity contribution in [2.75, 3.05) is 92.7 Å². The molecule has 0 radical (unpaired) electrons. The van der Waals surface area contributed by atoms with Crippen molar-refractivity contribution in [3.8, 4) is 5.75 Å². The maximum absolute atomic E-state index is 13.8. The van der Waals surface area contributed by atoms with E-state index in [4.69, 9.17) is 4.74 Å². The smallest absolute Gasteiger partial charge is 0.256 e. The summed E-state index contributed by atoms with van der Waals surface area (Å²) in [4.78, 5) is 167. The predicted molar refractivity (Wildman–Crippen MR) is 560 cm³/mol. The Bertz CT molecular complexity index is 7020. The van der Waals surface area contributed by atoms with E-state index in [0.29, 0.717) is 133 Å². The summed E-state index contributed by atoms with van der Waals surface area (Å²) in [5, 5.41) is 9.33. The minimum atomic E-state index is -0.145. The van der Waals surface area contributed by atoms with Gasteiger partial charge in [0.05, 0.1) is 61.1 Å². The summed E-state index contributed by atoms with van der Waals surface area (Å²) in [6, 6.07) is 49.3. The minimum absolute atomic E-state index is 0.0209. The molecule has 4 saturated heterocycles. The third kappa shape index (κ3) is 22.3. The van der Waals surface area contributed by atoms with Gasteiger partial charge < -0.3 is 77.4 Å². The van der Waals surface area contributed by atoms with Crippen molar-refractivity contribution in [1.29, 1.82) is 0 Å². The van der Waals surface area contributed by atoms with Crippen LogP contribution in [0.3, 0.4) is 0 Å². The number of halogens is 5. The topological polar surface area (TPSA) is 289 Å². The molecule has 0 aliphatic carbocycles. The van der Waals surface area contributed by atoms with Gasteiger partial charge in [-0.3, -0.25) is 57.5 Å². The Hall–Kier alpha value is -12.8. The summed E-state index contributed by atoms with van der Waals surface area (Å²) >= 11 is 17.7. The largest absolute Gasteiger partial charge is 0.496 e. The van der Waals surface area contributed by atoms with Gasteiger partial charge in [-0.15, -0.1) is 0 Å². The maximum atomic E-state index is 13.8. The Morgan fingerprint density at radius 3 is 1.47 bits per heavy atom. The van der Waals surface area contributed by atoms with E-state index < -0.39 is 0 Å². The van der Waals surface area contributed by atoms with Crippen molar-refractivity contribution in [2.24, 2.45) is 11.8 Å². The zero-order valence-electron chi connectivity index (χ0n) is 79.2. The van der Waals surface area contributed by atoms with Gasteiger partial charge in [0.15, 0.2) is 11.6 Å². The molecule has 7 aliphatic rings. The monoisotopic (exact) mass is 2220 g/mol. The van der Waals surface area contributed by atoms with E-state index >= 15 is 0 Å². The number of Topliss-reactive ketones (excluding diaryl/α,β-unsaturated/α-hetero) is 2. The van der Waals surface area contributed by atoms with E-state index in [1.54, 1.807) is 44.9 Å². The van der Waals surface area contributed by atoms with Gasteiger partial charge in [-0.05, 0) is 184 Å². The first-order valence-corrected chi connectivity index (χ1v) is 50.9. The number of carbonyl (C=O) groups excluding carboxylic acids is 12. The molecule has 10 amide bonds. The van der Waals surface area contributed by atoms with Gasteiger partial charge in [-0.2, -0.15) is 0 Å². The highest BCUT2D eigenvalue weighted by Crippen LogP contribution is 2.38. The van der Waals surface area contributed by atoms with Crippen LogP contribution >= 0.6 is 79.6 Å². The minimum Gasteiger partial charge on any atom is -0.496 e. The van der Waals surface area contributed by atoms with Gasteiger partial charge >= 0.3 is 0 Å². The van der Waals surface area contributed by atoms with Crippen molar-refractivity contribution >= 4 is 194 Å². The number of hydrogen-bond donors (Lipinski definition) is 2. The summed E-state index contributed by atoms with van der Waals surface area (Å²) in [5.74, 6) is 0.492. The first kappa shape index (κ1) is 101. The Labute approximate surface area is 859 Å². The molecule has 0 bridgehead atoms. The van der Waals surface area contributed by atoms with Gasteiger partial charge in [0.2, 0.25) is 35.4 Å². The van der Waals surface area contributed by atoms with Crippen LogP contribution in [-0.2, 0) is 110 Å². The van der Waals surface area contributed by atoms with E-state index in [2.05, 4.69) is 146 Å². The van der Waals surface area contributed by atoms with E-state index in [-0.39, 0.29) is 121 Å². The number of amides is 10. The first-order chi connectivity index (χ1) is 67.8. The van der Waals surface area contributed by atoms with Gasteiger partial charge in [0.25, 0.3) is 23.6 Å². The Morgan fingerprint density at radius 1 is 0.454 bits per heavy atom. The summed E-state index contributed by atoms with van der Waals surface area (Å²) in [5.41, 5.74) is 15.5. The SMILES string of the molecule is C=CC(=O)N1CC(CC(=O)Cn2c(C)c(C(=O)NCCc3ccccc3)c3cc(Br)ccc32)C1.C=CC(=O)N1CC(CC(=O)Cn2cc(C(=O)N3CCc4c(Br)cccc4C3)c3cc(Br)ccc32)C1.C=CC(=O)N1CC(N(C)C(=O)Cn2cc(C(=O)N3CCc4c(cccc4OC)C3)c3cc(Br)ccc32)C1.C=CC(=O)N1CC(NC(=O)Cn2c(C)c(C(=O)N3CCn4c(C)ccc4C3)c3cc(Br)ccc32)C1. The van der Waals surface area contributed by atoms with Gasteiger partial charge in [-0.1, -0.05) is 161 Å². The highest BCUT2D eigenvalue weighted by molar-refractivity contribution is 9.11. The summed E-state index contributed by atoms with van der Waals surface area (Å²) in [6.45, 7) is 29.6. The molecule has 28 nitrogen and oxygen atoms in total. The van der Waals surface area contributed by atoms with Gasteiger partial charge in [-0.25, -0.2) is 0 Å². The number of likely N-dealkylation sites (N-methyl/N-ethyl adjacent to an activating group) is 1. The summed E-state index contributed by atoms with van der Waals surface area (Å²) in [7, 11) is 3.43. The molecule has 7 aromatic carbocycles. The van der Waals surface area contributed by atoms with Crippen molar-refractivity contribution in [3.63, 3.8) is 0 Å². The number of aromatic nitrogens is 5. The molecule has 12 heterocycles. The molecular formula is C108H110Br5N15O13. The summed E-state index contributed by atoms with van der Waals surface area (Å²) in [6.07, 6.45) is 11.9. The molecule has 141 heavy (non-hydrogen) atoms. The van der Waals surface area contributed by atoms with Gasteiger partial charge in [0.1, 0.15) is 18.8 Å². The standard InChI is InChI=1S/C28H29BrN4O4.C27H25Br2N3O3.C27H28BrN3O3.C26H28BrN5O3/c1-4-26(34)33-14-20(15-33)30(2)27(35)17-32-16-23(22-12-19(29)8-9-24(22)32)28(36)31-11-10-21-18(13-31)6-5-7-25(21)37-3;1-2-26(34)32-12-17(13-32)10-20(33)15-31-16-23(22-11-19(28)6-7-25(22)31)27(35)30-9-8-21-18(14-30)4-3-5-24(21)29;1-3-25(33)30-15-20(16-30)13-22(32)17-31-18(2)26(23-14-21(28)9-10-24(23)31)27(34)29-12-11-19-7-5-4-6-8-19;1-4-24(34)30-12-19(13-30)28-23(33)15-32-17(3)25(21-11-18(27)6-8-22(21)32)26(35)29-9-10-31-16(2)5-7-20(31)14-29/h4-9,12,16,20H,1,10-11,13-15,17H2,2-3H3;2-7,11,16-17H,1,8-10,12-15H2;3-10,14,20H,1,11-13,15-17H2,2H3,(H,29,34);4-8,11,19H,1,9-10,12-15H2,2-3H3,(H,28,33). The third-order valence-electron chi connectivity index (χ3n) is 27.7. The van der Waals surface area contributed by atoms with Crippen LogP contribution in [-0.4, -0.2) is 237 Å². The summed E-state index contributed by atoms with van der Waals surface area (Å²) < 4.78 is 19.9. The van der Waals surface area contributed by atoms with Crippen LogP contribution in [0.1, 0.15) is 105 Å². The lowest BCUT2D eigenvalue weighted by atomic mass is 9.94. The third-order valence-corrected chi connectivity index (χ3v) is 30.4. The van der Waals surface area contributed by atoms with Crippen LogP contribution in [0, 0.1) is 32.6 Å². The molecule has 7 aliphatic heterocycles. The lowest BCUT2D eigenvalue weighted by Gasteiger charge is -2.43. The van der Waals surface area contributed by atoms with Gasteiger partial charge in [0, 0.05) is 237 Å². The first-order valence-electron chi connectivity index (χ1n) is 46.9. The van der Waals surface area contributed by atoms with Crippen LogP contribution in [0.2, 0.25) is 0 Å². The number of aryl methyl sites for hydroxylation is 1. The zero-order chi connectivity index (χ0) is 100. The average Bonchev–Trinajstić information content (AvgIpc) is 1.59. The number of methoxy groups -OCH3 is 1. The number of fused-ring (bicyclic) bond motifs is 7. The fourth-order valence-electron chi connectivity index (χ4n) is 19.9. The number of likely N-dealkylation sites (tertiary alicyclic amines) is 4. The second-order valence-electron chi connectivity index (χ2n) is 36.8. The molecule has 4 fully saturated rings. The number of nitrogens with zero attached hydrogens (tertiary/aromatic N) is 13. The maximum Gasteiger partial charge on any atom is 0.256 e. The fraction of sp³-hybridized carbons (Fsp3) is 0.315. The molecule has 5 aromatic heterocycles. The highest BCUT2D eigenvalue weighted by Gasteiger charge is 2.39. The van der Waals surface area contributed by atoms with Crippen LogP contribution in [0.4, 0.5) is 0 Å².